The summed E-state index contributed by atoms with van der Waals surface area (Å²) in [5.41, 5.74) is 6.86. The molecule has 100 valence electrons. The van der Waals surface area contributed by atoms with E-state index in [0.717, 1.165) is 5.56 Å². The van der Waals surface area contributed by atoms with E-state index in [4.69, 9.17) is 22.7 Å². The van der Waals surface area contributed by atoms with Gasteiger partial charge in [0.2, 0.25) is 10.0 Å². The number of thiocarbonyl (C=S) groups is 1. The third-order valence-electron chi connectivity index (χ3n) is 2.22. The number of nitrogens with two attached hydrogens (primary N) is 1. The molecule has 0 saturated carbocycles. The molecule has 0 unspecified atom stereocenters. The standard InChI is InChI=1S/C11H16N2O3S2/c1-16-7-6-13-18(14,15)8-9-2-4-10(5-3-9)11(12)17/h2-5,13H,6-8H2,1H3,(H2,12,17). The van der Waals surface area contributed by atoms with Gasteiger partial charge in [0.25, 0.3) is 0 Å². The SMILES string of the molecule is COCCNS(=O)(=O)Cc1ccc(C(N)=S)cc1. The molecule has 0 aliphatic carbocycles. The predicted octanol–water partition coefficient (Wildman–Crippen LogP) is 0.387. The molecule has 1 aromatic rings. The van der Waals surface area contributed by atoms with E-state index in [-0.39, 0.29) is 12.3 Å². The topological polar surface area (TPSA) is 81.4 Å². The van der Waals surface area contributed by atoms with E-state index in [2.05, 4.69) is 4.72 Å². The first kappa shape index (κ1) is 15.0. The molecule has 0 fully saturated rings. The Labute approximate surface area is 112 Å². The second kappa shape index (κ2) is 6.79. The summed E-state index contributed by atoms with van der Waals surface area (Å²) in [5, 5.41) is 0. The molecule has 5 nitrogen and oxygen atoms in total. The van der Waals surface area contributed by atoms with Gasteiger partial charge in [-0.15, -0.1) is 0 Å². The van der Waals surface area contributed by atoms with Gasteiger partial charge in [0, 0.05) is 19.2 Å². The van der Waals surface area contributed by atoms with Crippen molar-refractivity contribution < 1.29 is 13.2 Å². The monoisotopic (exact) mass is 288 g/mol. The lowest BCUT2D eigenvalue weighted by atomic mass is 10.1. The Hall–Kier alpha value is -1.02. The van der Waals surface area contributed by atoms with E-state index in [1.807, 2.05) is 0 Å². The summed E-state index contributed by atoms with van der Waals surface area (Å²) in [6.07, 6.45) is 0. The van der Waals surface area contributed by atoms with Crippen molar-refractivity contribution in [3.05, 3.63) is 35.4 Å². The molecule has 7 heteroatoms. The number of sulfonamides is 1. The van der Waals surface area contributed by atoms with E-state index in [0.29, 0.717) is 17.2 Å². The average molecular weight is 288 g/mol. The molecular formula is C11H16N2O3S2. The third kappa shape index (κ3) is 5.09. The van der Waals surface area contributed by atoms with Crippen LogP contribution in [0.5, 0.6) is 0 Å². The maximum Gasteiger partial charge on any atom is 0.215 e. The molecular weight excluding hydrogens is 272 g/mol. The Balaban J connectivity index is 2.63. The summed E-state index contributed by atoms with van der Waals surface area (Å²) in [7, 11) is -1.82. The first-order valence-corrected chi connectivity index (χ1v) is 7.35. The maximum absolute atomic E-state index is 11.7. The summed E-state index contributed by atoms with van der Waals surface area (Å²) in [5.74, 6) is -0.0751. The molecule has 0 aliphatic heterocycles. The predicted molar refractivity (Wildman–Crippen MR) is 74.8 cm³/mol. The second-order valence-electron chi connectivity index (χ2n) is 3.71. The lowest BCUT2D eigenvalue weighted by Gasteiger charge is -2.07. The van der Waals surface area contributed by atoms with Gasteiger partial charge in [0.1, 0.15) is 4.99 Å². The van der Waals surface area contributed by atoms with Crippen LogP contribution in [0.2, 0.25) is 0 Å². The maximum atomic E-state index is 11.7. The van der Waals surface area contributed by atoms with Gasteiger partial charge in [0.05, 0.1) is 12.4 Å². The zero-order valence-electron chi connectivity index (χ0n) is 10.0. The molecule has 0 aliphatic rings. The van der Waals surface area contributed by atoms with Gasteiger partial charge >= 0.3 is 0 Å². The van der Waals surface area contributed by atoms with Crippen molar-refractivity contribution in [2.75, 3.05) is 20.3 Å². The van der Waals surface area contributed by atoms with Crippen molar-refractivity contribution in [2.45, 2.75) is 5.75 Å². The van der Waals surface area contributed by atoms with Gasteiger partial charge in [-0.05, 0) is 5.56 Å². The smallest absolute Gasteiger partial charge is 0.215 e. The van der Waals surface area contributed by atoms with Crippen LogP contribution in [0.1, 0.15) is 11.1 Å². The Morgan fingerprint density at radius 3 is 2.50 bits per heavy atom. The molecule has 0 atom stereocenters. The van der Waals surface area contributed by atoms with Crippen molar-refractivity contribution in [1.82, 2.24) is 4.72 Å². The molecule has 0 heterocycles. The quantitative estimate of drug-likeness (QED) is 0.560. The van der Waals surface area contributed by atoms with Crippen molar-refractivity contribution in [2.24, 2.45) is 5.73 Å². The summed E-state index contributed by atoms with van der Waals surface area (Å²) >= 11 is 4.82. The van der Waals surface area contributed by atoms with Crippen LogP contribution < -0.4 is 10.5 Å². The Bertz CT molecular complexity index is 498. The highest BCUT2D eigenvalue weighted by Gasteiger charge is 2.10. The average Bonchev–Trinajstić information content (AvgIpc) is 2.29. The van der Waals surface area contributed by atoms with Crippen molar-refractivity contribution in [3.8, 4) is 0 Å². The second-order valence-corrected chi connectivity index (χ2v) is 5.95. The largest absolute Gasteiger partial charge is 0.389 e. The number of methoxy groups -OCH3 is 1. The first-order chi connectivity index (χ1) is 8.44. The lowest BCUT2D eigenvalue weighted by molar-refractivity contribution is 0.204. The highest BCUT2D eigenvalue weighted by atomic mass is 32.2. The van der Waals surface area contributed by atoms with Crippen LogP contribution in [-0.4, -0.2) is 33.7 Å². The van der Waals surface area contributed by atoms with Gasteiger partial charge in [-0.2, -0.15) is 0 Å². The van der Waals surface area contributed by atoms with E-state index in [1.54, 1.807) is 24.3 Å². The minimum absolute atomic E-state index is 0.0751. The fraction of sp³-hybridized carbons (Fsp3) is 0.364. The molecule has 0 amide bonds. The summed E-state index contributed by atoms with van der Waals surface area (Å²) in [4.78, 5) is 0.294. The summed E-state index contributed by atoms with van der Waals surface area (Å²) in [6.45, 7) is 0.614. The first-order valence-electron chi connectivity index (χ1n) is 5.29. The Morgan fingerprint density at radius 1 is 1.39 bits per heavy atom. The molecule has 1 rings (SSSR count). The van der Waals surface area contributed by atoms with E-state index in [1.165, 1.54) is 7.11 Å². The van der Waals surface area contributed by atoms with Gasteiger partial charge < -0.3 is 10.5 Å². The van der Waals surface area contributed by atoms with Crippen LogP contribution in [0.15, 0.2) is 24.3 Å². The minimum Gasteiger partial charge on any atom is -0.389 e. The third-order valence-corrected chi connectivity index (χ3v) is 3.82. The molecule has 1 aromatic carbocycles. The fourth-order valence-corrected chi connectivity index (χ4v) is 2.60. The van der Waals surface area contributed by atoms with Gasteiger partial charge in [-0.1, -0.05) is 36.5 Å². The van der Waals surface area contributed by atoms with Crippen molar-refractivity contribution in [3.63, 3.8) is 0 Å². The Morgan fingerprint density at radius 2 is 2.00 bits per heavy atom. The molecule has 0 aromatic heterocycles. The highest BCUT2D eigenvalue weighted by Crippen LogP contribution is 2.07. The number of benzene rings is 1. The number of nitrogens with one attached hydrogen (secondary N) is 1. The van der Waals surface area contributed by atoms with Crippen LogP contribution in [0.25, 0.3) is 0 Å². The number of rotatable bonds is 7. The molecule has 0 saturated heterocycles. The summed E-state index contributed by atoms with van der Waals surface area (Å²) in [6, 6.07) is 6.82. The molecule has 0 bridgehead atoms. The van der Waals surface area contributed by atoms with Crippen molar-refractivity contribution >= 4 is 27.2 Å². The molecule has 0 radical (unpaired) electrons. The minimum atomic E-state index is -3.33. The van der Waals surface area contributed by atoms with Crippen LogP contribution in [0.3, 0.4) is 0 Å². The number of hydrogen-bond acceptors (Lipinski definition) is 4. The van der Waals surface area contributed by atoms with Crippen LogP contribution >= 0.6 is 12.2 Å². The zero-order valence-corrected chi connectivity index (χ0v) is 11.7. The van der Waals surface area contributed by atoms with E-state index < -0.39 is 10.0 Å². The van der Waals surface area contributed by atoms with E-state index >= 15 is 0 Å². The number of hydrogen-bond donors (Lipinski definition) is 2. The fourth-order valence-electron chi connectivity index (χ4n) is 1.33. The molecule has 3 N–H and O–H groups in total. The van der Waals surface area contributed by atoms with Crippen LogP contribution in [-0.2, 0) is 20.5 Å². The number of ether oxygens (including phenoxy) is 1. The van der Waals surface area contributed by atoms with E-state index in [9.17, 15) is 8.42 Å². The van der Waals surface area contributed by atoms with Gasteiger partial charge in [0.15, 0.2) is 0 Å². The van der Waals surface area contributed by atoms with Gasteiger partial charge in [-0.25, -0.2) is 13.1 Å². The zero-order chi connectivity index (χ0) is 13.6. The van der Waals surface area contributed by atoms with Crippen LogP contribution in [0.4, 0.5) is 0 Å². The van der Waals surface area contributed by atoms with Crippen molar-refractivity contribution in [1.29, 1.82) is 0 Å². The lowest BCUT2D eigenvalue weighted by Crippen LogP contribution is -2.28. The van der Waals surface area contributed by atoms with Crippen LogP contribution in [0, 0.1) is 0 Å². The van der Waals surface area contributed by atoms with Gasteiger partial charge in [-0.3, -0.25) is 0 Å². The Kier molecular flexibility index (Phi) is 5.67. The molecule has 0 spiro atoms. The molecule has 18 heavy (non-hydrogen) atoms. The highest BCUT2D eigenvalue weighted by molar-refractivity contribution is 7.88. The summed E-state index contributed by atoms with van der Waals surface area (Å²) < 4.78 is 30.6. The normalized spacial score (nSPS) is 11.4.